The standard InChI is InChI=1S/C22H17F2N3/c1-3-16-11-15(8-7-14(16)2)12-27-10-9-19-20(13-27)26-22(25-19)17-5-4-6-18(23)21(17)24/h3-11,13H,1,12H2,2H3. The third-order valence-corrected chi connectivity index (χ3v) is 4.55. The zero-order valence-corrected chi connectivity index (χ0v) is 14.8. The van der Waals surface area contributed by atoms with Crippen LogP contribution >= 0.6 is 0 Å². The normalized spacial score (nSPS) is 11.1. The highest BCUT2D eigenvalue weighted by Gasteiger charge is 2.17. The van der Waals surface area contributed by atoms with E-state index in [9.17, 15) is 8.78 Å². The maximum Gasteiger partial charge on any atom is 0.169 e. The van der Waals surface area contributed by atoms with Crippen LogP contribution in [0.15, 0.2) is 61.4 Å². The number of aromatic nitrogens is 3. The van der Waals surface area contributed by atoms with Gasteiger partial charge in [0.1, 0.15) is 5.69 Å². The van der Waals surface area contributed by atoms with Crippen molar-refractivity contribution in [2.45, 2.75) is 13.5 Å². The van der Waals surface area contributed by atoms with E-state index in [2.05, 4.69) is 34.7 Å². The molecule has 2 heterocycles. The van der Waals surface area contributed by atoms with Gasteiger partial charge in [-0.1, -0.05) is 30.9 Å². The van der Waals surface area contributed by atoms with Gasteiger partial charge in [-0.2, -0.15) is 0 Å². The van der Waals surface area contributed by atoms with Gasteiger partial charge in [-0.3, -0.25) is 0 Å². The van der Waals surface area contributed by atoms with Crippen molar-refractivity contribution in [3.05, 3.63) is 89.8 Å². The largest absolute Gasteiger partial charge is 0.348 e. The van der Waals surface area contributed by atoms with Gasteiger partial charge in [0, 0.05) is 18.9 Å². The summed E-state index contributed by atoms with van der Waals surface area (Å²) < 4.78 is 29.5. The molecule has 0 saturated heterocycles. The van der Waals surface area contributed by atoms with Crippen LogP contribution in [0.2, 0.25) is 0 Å². The van der Waals surface area contributed by atoms with Crippen molar-refractivity contribution in [2.24, 2.45) is 0 Å². The molecule has 0 amide bonds. The molecule has 5 heteroatoms. The van der Waals surface area contributed by atoms with Gasteiger partial charge in [-0.15, -0.1) is 0 Å². The van der Waals surface area contributed by atoms with Crippen LogP contribution in [0.4, 0.5) is 8.78 Å². The molecule has 27 heavy (non-hydrogen) atoms. The number of benzene rings is 2. The number of fused-ring (bicyclic) bond motifs is 1. The Labute approximate surface area is 156 Å². The Bertz CT molecular complexity index is 1110. The zero-order valence-electron chi connectivity index (χ0n) is 14.8. The molecule has 0 aromatic heterocycles. The second-order valence-electron chi connectivity index (χ2n) is 6.43. The van der Waals surface area contributed by atoms with Crippen LogP contribution in [0.5, 0.6) is 0 Å². The Morgan fingerprint density at radius 1 is 1.07 bits per heavy atom. The first-order valence-corrected chi connectivity index (χ1v) is 8.55. The minimum Gasteiger partial charge on any atom is -0.348 e. The molecule has 0 spiro atoms. The summed E-state index contributed by atoms with van der Waals surface area (Å²) in [4.78, 5) is 8.71. The predicted octanol–water partition coefficient (Wildman–Crippen LogP) is 5.33. The van der Waals surface area contributed by atoms with Gasteiger partial charge in [-0.25, -0.2) is 18.7 Å². The highest BCUT2D eigenvalue weighted by atomic mass is 19.2. The topological polar surface area (TPSA) is 30.7 Å². The van der Waals surface area contributed by atoms with Crippen LogP contribution in [0, 0.1) is 18.6 Å². The summed E-state index contributed by atoms with van der Waals surface area (Å²) >= 11 is 0. The maximum absolute atomic E-state index is 14.0. The number of pyridine rings is 1. The number of halogens is 2. The second kappa shape index (κ2) is 6.76. The van der Waals surface area contributed by atoms with Gasteiger partial charge in [0.05, 0.1) is 11.3 Å². The summed E-state index contributed by atoms with van der Waals surface area (Å²) in [5.41, 5.74) is 4.75. The Morgan fingerprint density at radius 2 is 1.89 bits per heavy atom. The predicted molar refractivity (Wildman–Crippen MR) is 102 cm³/mol. The molecule has 3 nitrogen and oxygen atoms in total. The number of hydrogen-bond acceptors (Lipinski definition) is 2. The fourth-order valence-electron chi connectivity index (χ4n) is 3.07. The van der Waals surface area contributed by atoms with Crippen molar-refractivity contribution in [1.29, 1.82) is 0 Å². The van der Waals surface area contributed by atoms with E-state index in [1.165, 1.54) is 17.7 Å². The molecule has 2 aliphatic rings. The fourth-order valence-corrected chi connectivity index (χ4v) is 3.07. The summed E-state index contributed by atoms with van der Waals surface area (Å²) in [7, 11) is 0. The number of aryl methyl sites for hydroxylation is 1. The van der Waals surface area contributed by atoms with Crippen LogP contribution < -0.4 is 0 Å². The molecular formula is C22H17F2N3. The summed E-state index contributed by atoms with van der Waals surface area (Å²) in [5.74, 6) is -1.66. The molecular weight excluding hydrogens is 344 g/mol. The smallest absolute Gasteiger partial charge is 0.169 e. The van der Waals surface area contributed by atoms with E-state index in [-0.39, 0.29) is 11.4 Å². The van der Waals surface area contributed by atoms with Crippen molar-refractivity contribution in [1.82, 2.24) is 14.5 Å². The van der Waals surface area contributed by atoms with Gasteiger partial charge in [0.2, 0.25) is 0 Å². The first kappa shape index (κ1) is 17.1. The van der Waals surface area contributed by atoms with E-state index in [4.69, 9.17) is 0 Å². The lowest BCUT2D eigenvalue weighted by molar-refractivity contribution is 0.510. The number of hydrogen-bond donors (Lipinski definition) is 0. The molecule has 2 aromatic carbocycles. The average molecular weight is 361 g/mol. The number of nitrogens with zero attached hydrogens (tertiary/aromatic N) is 3. The van der Waals surface area contributed by atoms with Crippen molar-refractivity contribution >= 4 is 6.08 Å². The van der Waals surface area contributed by atoms with Crippen molar-refractivity contribution in [3.63, 3.8) is 0 Å². The molecule has 0 saturated carbocycles. The lowest BCUT2D eigenvalue weighted by atomic mass is 10.0. The molecule has 0 aliphatic carbocycles. The quantitative estimate of drug-likeness (QED) is 0.492. The molecule has 0 bridgehead atoms. The molecule has 4 rings (SSSR count). The Kier molecular flexibility index (Phi) is 4.28. The minimum atomic E-state index is -0.933. The Hall–Kier alpha value is -3.34. The highest BCUT2D eigenvalue weighted by Crippen LogP contribution is 2.27. The van der Waals surface area contributed by atoms with Crippen molar-refractivity contribution in [3.8, 4) is 22.8 Å². The molecule has 134 valence electrons. The maximum atomic E-state index is 14.0. The van der Waals surface area contributed by atoms with Crippen LogP contribution in [-0.2, 0) is 6.54 Å². The van der Waals surface area contributed by atoms with Gasteiger partial charge in [0.25, 0.3) is 0 Å². The zero-order chi connectivity index (χ0) is 19.0. The van der Waals surface area contributed by atoms with E-state index < -0.39 is 11.6 Å². The van der Waals surface area contributed by atoms with Crippen molar-refractivity contribution in [2.75, 3.05) is 0 Å². The van der Waals surface area contributed by atoms with Gasteiger partial charge in [0.15, 0.2) is 17.5 Å². The van der Waals surface area contributed by atoms with E-state index in [1.54, 1.807) is 0 Å². The molecule has 0 radical (unpaired) electrons. The molecule has 0 fully saturated rings. The molecule has 0 unspecified atom stereocenters. The van der Waals surface area contributed by atoms with Gasteiger partial charge < -0.3 is 4.57 Å². The molecule has 2 aromatic rings. The average Bonchev–Trinajstić information content (AvgIpc) is 3.08. The molecule has 0 atom stereocenters. The van der Waals surface area contributed by atoms with Gasteiger partial charge >= 0.3 is 0 Å². The Balaban J connectivity index is 1.68. The molecule has 2 aliphatic heterocycles. The third kappa shape index (κ3) is 3.24. The van der Waals surface area contributed by atoms with Crippen LogP contribution in [0.25, 0.3) is 28.9 Å². The summed E-state index contributed by atoms with van der Waals surface area (Å²) in [6.07, 6.45) is 5.60. The Morgan fingerprint density at radius 3 is 2.70 bits per heavy atom. The van der Waals surface area contributed by atoms with E-state index in [0.29, 0.717) is 17.9 Å². The highest BCUT2D eigenvalue weighted by molar-refractivity contribution is 5.66. The van der Waals surface area contributed by atoms with Crippen LogP contribution in [0.1, 0.15) is 16.7 Å². The van der Waals surface area contributed by atoms with Crippen LogP contribution in [0.3, 0.4) is 0 Å². The van der Waals surface area contributed by atoms with E-state index in [0.717, 1.165) is 17.2 Å². The van der Waals surface area contributed by atoms with E-state index in [1.807, 2.05) is 36.0 Å². The first-order chi connectivity index (χ1) is 13.0. The summed E-state index contributed by atoms with van der Waals surface area (Å²) in [6.45, 7) is 6.55. The lowest BCUT2D eigenvalue weighted by Crippen LogP contribution is -2.01. The lowest BCUT2D eigenvalue weighted by Gasteiger charge is -2.10. The van der Waals surface area contributed by atoms with Crippen LogP contribution in [-0.4, -0.2) is 14.5 Å². The minimum absolute atomic E-state index is 0.0620. The molecule has 0 N–H and O–H groups in total. The SMILES string of the molecule is C=Cc1cc(Cn2ccc3nc(-c4cccc(F)c4F)nc-3c2)ccc1C. The number of rotatable bonds is 4. The monoisotopic (exact) mass is 361 g/mol. The summed E-state index contributed by atoms with van der Waals surface area (Å²) in [5, 5.41) is 0. The summed E-state index contributed by atoms with van der Waals surface area (Å²) in [6, 6.07) is 12.1. The number of imidazole rings is 1. The first-order valence-electron chi connectivity index (χ1n) is 8.55. The van der Waals surface area contributed by atoms with E-state index >= 15 is 0 Å². The third-order valence-electron chi connectivity index (χ3n) is 4.55. The van der Waals surface area contributed by atoms with Gasteiger partial charge in [-0.05, 0) is 47.9 Å². The second-order valence-corrected chi connectivity index (χ2v) is 6.43. The fraction of sp³-hybridized carbons (Fsp3) is 0.0909. The van der Waals surface area contributed by atoms with Crippen molar-refractivity contribution < 1.29 is 8.78 Å².